The fourth-order valence-electron chi connectivity index (χ4n) is 3.31. The minimum atomic E-state index is -0.159. The molecule has 0 bridgehead atoms. The summed E-state index contributed by atoms with van der Waals surface area (Å²) in [5.41, 5.74) is 4.20. The van der Waals surface area contributed by atoms with Crippen molar-refractivity contribution in [1.29, 1.82) is 0 Å². The minimum Gasteiger partial charge on any atom is -0.480 e. The summed E-state index contributed by atoms with van der Waals surface area (Å²) in [4.78, 5) is 23.1. The van der Waals surface area contributed by atoms with Crippen LogP contribution in [0.4, 0.5) is 0 Å². The molecule has 27 heavy (non-hydrogen) atoms. The average Bonchev–Trinajstić information content (AvgIpc) is 3.35. The van der Waals surface area contributed by atoms with Crippen LogP contribution in [0.15, 0.2) is 41.2 Å². The smallest absolute Gasteiger partial charge is 0.259 e. The predicted octanol–water partition coefficient (Wildman–Crippen LogP) is 2.90. The van der Waals surface area contributed by atoms with Gasteiger partial charge in [-0.05, 0) is 43.0 Å². The first kappa shape index (κ1) is 17.2. The van der Waals surface area contributed by atoms with E-state index in [1.807, 2.05) is 24.3 Å². The molecule has 1 amide bonds. The second-order valence-electron chi connectivity index (χ2n) is 6.59. The van der Waals surface area contributed by atoms with Crippen LogP contribution < -0.4 is 4.74 Å². The van der Waals surface area contributed by atoms with Crippen LogP contribution in [0.3, 0.4) is 0 Å². The number of carbonyl (C=O) groups excluding carboxylic acids is 1. The van der Waals surface area contributed by atoms with Crippen LogP contribution in [-0.4, -0.2) is 40.1 Å². The molecule has 1 aliphatic carbocycles. The maximum absolute atomic E-state index is 12.9. The summed E-state index contributed by atoms with van der Waals surface area (Å²) in [6, 6.07) is 7.48. The van der Waals surface area contributed by atoms with Crippen molar-refractivity contribution in [3.63, 3.8) is 0 Å². The summed E-state index contributed by atoms with van der Waals surface area (Å²) >= 11 is 0. The van der Waals surface area contributed by atoms with Crippen molar-refractivity contribution in [2.75, 3.05) is 14.2 Å². The van der Waals surface area contributed by atoms with E-state index in [4.69, 9.17) is 9.26 Å². The number of pyridine rings is 2. The van der Waals surface area contributed by atoms with E-state index in [0.717, 1.165) is 36.1 Å². The van der Waals surface area contributed by atoms with Crippen molar-refractivity contribution in [2.45, 2.75) is 25.8 Å². The molecule has 0 unspecified atom stereocenters. The standard InChI is InChI=1S/C20H20N4O3/c1-24(12-15-10-18(23-27-15)14-6-4-8-21-11-14)20(25)16-9-13-5-3-7-17(13)22-19(16)26-2/h4,6,8-11H,3,5,7,12H2,1-2H3. The number of amides is 1. The molecule has 0 aromatic carbocycles. The van der Waals surface area contributed by atoms with E-state index in [9.17, 15) is 4.79 Å². The minimum absolute atomic E-state index is 0.159. The van der Waals surface area contributed by atoms with E-state index in [-0.39, 0.29) is 5.91 Å². The summed E-state index contributed by atoms with van der Waals surface area (Å²) in [6.45, 7) is 0.298. The first-order chi connectivity index (χ1) is 13.2. The van der Waals surface area contributed by atoms with Crippen LogP contribution in [0.5, 0.6) is 5.88 Å². The van der Waals surface area contributed by atoms with Gasteiger partial charge in [0.2, 0.25) is 5.88 Å². The summed E-state index contributed by atoms with van der Waals surface area (Å²) in [7, 11) is 3.26. The molecular formula is C20H20N4O3. The van der Waals surface area contributed by atoms with Crippen molar-refractivity contribution in [1.82, 2.24) is 20.0 Å². The van der Waals surface area contributed by atoms with Gasteiger partial charge in [0, 0.05) is 36.8 Å². The molecule has 3 heterocycles. The third-order valence-corrected chi connectivity index (χ3v) is 4.70. The Balaban J connectivity index is 1.53. The molecule has 0 radical (unpaired) electrons. The third-order valence-electron chi connectivity index (χ3n) is 4.70. The molecule has 7 heteroatoms. The highest BCUT2D eigenvalue weighted by Gasteiger charge is 2.24. The van der Waals surface area contributed by atoms with Gasteiger partial charge < -0.3 is 14.2 Å². The maximum Gasteiger partial charge on any atom is 0.259 e. The SMILES string of the molecule is COc1nc2c(cc1C(=O)N(C)Cc1cc(-c3cccnc3)no1)CCC2. The van der Waals surface area contributed by atoms with Gasteiger partial charge in [-0.1, -0.05) is 5.16 Å². The van der Waals surface area contributed by atoms with Crippen molar-refractivity contribution >= 4 is 5.91 Å². The average molecular weight is 364 g/mol. The first-order valence-corrected chi connectivity index (χ1v) is 8.84. The number of methoxy groups -OCH3 is 1. The maximum atomic E-state index is 12.9. The normalized spacial score (nSPS) is 12.7. The second-order valence-corrected chi connectivity index (χ2v) is 6.59. The molecule has 0 fully saturated rings. The zero-order valence-electron chi connectivity index (χ0n) is 15.3. The molecule has 138 valence electrons. The molecule has 3 aromatic rings. The number of fused-ring (bicyclic) bond motifs is 1. The Bertz CT molecular complexity index is 969. The first-order valence-electron chi connectivity index (χ1n) is 8.84. The predicted molar refractivity (Wildman–Crippen MR) is 98.3 cm³/mol. The number of aromatic nitrogens is 3. The number of aryl methyl sites for hydroxylation is 2. The van der Waals surface area contributed by atoms with Gasteiger partial charge in [-0.2, -0.15) is 0 Å². The van der Waals surface area contributed by atoms with Crippen molar-refractivity contribution < 1.29 is 14.1 Å². The van der Waals surface area contributed by atoms with Gasteiger partial charge in [-0.3, -0.25) is 9.78 Å². The third kappa shape index (κ3) is 3.40. The van der Waals surface area contributed by atoms with E-state index in [1.54, 1.807) is 24.3 Å². The number of rotatable bonds is 5. The van der Waals surface area contributed by atoms with Crippen LogP contribution in [0.1, 0.15) is 33.8 Å². The lowest BCUT2D eigenvalue weighted by Gasteiger charge is -2.17. The number of hydrogen-bond donors (Lipinski definition) is 0. The van der Waals surface area contributed by atoms with E-state index >= 15 is 0 Å². The Hall–Kier alpha value is -3.22. The summed E-state index contributed by atoms with van der Waals surface area (Å²) in [5.74, 6) is 0.812. The van der Waals surface area contributed by atoms with E-state index < -0.39 is 0 Å². The Morgan fingerprint density at radius 2 is 2.22 bits per heavy atom. The highest BCUT2D eigenvalue weighted by molar-refractivity contribution is 5.96. The van der Waals surface area contributed by atoms with Crippen molar-refractivity contribution in [2.24, 2.45) is 0 Å². The molecule has 0 saturated heterocycles. The lowest BCUT2D eigenvalue weighted by Crippen LogP contribution is -2.27. The summed E-state index contributed by atoms with van der Waals surface area (Å²) in [6.07, 6.45) is 6.37. The Morgan fingerprint density at radius 1 is 1.33 bits per heavy atom. The molecule has 0 aliphatic heterocycles. The highest BCUT2D eigenvalue weighted by Crippen LogP contribution is 2.27. The topological polar surface area (TPSA) is 81.4 Å². The lowest BCUT2D eigenvalue weighted by molar-refractivity contribution is 0.0768. The molecule has 3 aromatic heterocycles. The number of carbonyl (C=O) groups is 1. The largest absolute Gasteiger partial charge is 0.480 e. The van der Waals surface area contributed by atoms with Gasteiger partial charge in [0.1, 0.15) is 11.3 Å². The van der Waals surface area contributed by atoms with Crippen LogP contribution in [0.25, 0.3) is 11.3 Å². The highest BCUT2D eigenvalue weighted by atomic mass is 16.5. The van der Waals surface area contributed by atoms with Crippen molar-refractivity contribution in [3.05, 3.63) is 59.2 Å². The van der Waals surface area contributed by atoms with Crippen LogP contribution in [0.2, 0.25) is 0 Å². The number of hydrogen-bond acceptors (Lipinski definition) is 6. The molecule has 0 saturated carbocycles. The molecule has 4 rings (SSSR count). The summed E-state index contributed by atoms with van der Waals surface area (Å²) < 4.78 is 10.7. The number of ether oxygens (including phenoxy) is 1. The zero-order chi connectivity index (χ0) is 18.8. The Labute approximate surface area is 157 Å². The van der Waals surface area contributed by atoms with Gasteiger partial charge in [0.05, 0.1) is 13.7 Å². The molecule has 7 nitrogen and oxygen atoms in total. The quantitative estimate of drug-likeness (QED) is 0.692. The molecular weight excluding hydrogens is 344 g/mol. The van der Waals surface area contributed by atoms with Gasteiger partial charge in [-0.25, -0.2) is 4.98 Å². The molecule has 0 N–H and O–H groups in total. The van der Waals surface area contributed by atoms with E-state index in [2.05, 4.69) is 15.1 Å². The molecule has 1 aliphatic rings. The number of nitrogens with zero attached hydrogens (tertiary/aromatic N) is 4. The van der Waals surface area contributed by atoms with Gasteiger partial charge in [0.15, 0.2) is 5.76 Å². The van der Waals surface area contributed by atoms with Gasteiger partial charge >= 0.3 is 0 Å². The van der Waals surface area contributed by atoms with Crippen LogP contribution >= 0.6 is 0 Å². The summed E-state index contributed by atoms with van der Waals surface area (Å²) in [5, 5.41) is 4.06. The Morgan fingerprint density at radius 3 is 3.00 bits per heavy atom. The zero-order valence-corrected chi connectivity index (χ0v) is 15.3. The molecule has 0 spiro atoms. The van der Waals surface area contributed by atoms with Gasteiger partial charge in [-0.15, -0.1) is 0 Å². The van der Waals surface area contributed by atoms with Crippen LogP contribution in [-0.2, 0) is 19.4 Å². The Kier molecular flexibility index (Phi) is 4.58. The van der Waals surface area contributed by atoms with E-state index in [0.29, 0.717) is 29.4 Å². The van der Waals surface area contributed by atoms with E-state index in [1.165, 1.54) is 7.11 Å². The van der Waals surface area contributed by atoms with Crippen molar-refractivity contribution in [3.8, 4) is 17.1 Å². The lowest BCUT2D eigenvalue weighted by atomic mass is 10.1. The fourth-order valence-corrected chi connectivity index (χ4v) is 3.31. The monoisotopic (exact) mass is 364 g/mol. The second kappa shape index (κ2) is 7.19. The molecule has 0 atom stereocenters. The van der Waals surface area contributed by atoms with Gasteiger partial charge in [0.25, 0.3) is 5.91 Å². The fraction of sp³-hybridized carbons (Fsp3) is 0.300. The van der Waals surface area contributed by atoms with Crippen LogP contribution in [0, 0.1) is 0 Å².